The second-order valence-corrected chi connectivity index (χ2v) is 7.03. The molecular formula is C21H26ClN3O2. The number of methoxy groups -OCH3 is 1. The fourth-order valence-corrected chi connectivity index (χ4v) is 3.54. The number of nitrogens with zero attached hydrogens (tertiary/aromatic N) is 2. The van der Waals surface area contributed by atoms with Gasteiger partial charge in [0.25, 0.3) is 0 Å². The summed E-state index contributed by atoms with van der Waals surface area (Å²) >= 11 is 6.11. The van der Waals surface area contributed by atoms with Crippen LogP contribution >= 0.6 is 11.6 Å². The highest BCUT2D eigenvalue weighted by Crippen LogP contribution is 2.28. The minimum atomic E-state index is 0.00996. The van der Waals surface area contributed by atoms with Gasteiger partial charge in [0.05, 0.1) is 19.2 Å². The van der Waals surface area contributed by atoms with Gasteiger partial charge in [-0.05, 0) is 23.8 Å². The molecule has 3 rings (SSSR count). The van der Waals surface area contributed by atoms with Crippen molar-refractivity contribution in [3.63, 3.8) is 0 Å². The Kier molecular flexibility index (Phi) is 6.96. The number of carbonyl (C=O) groups excluding carboxylic acids is 1. The molecule has 1 saturated heterocycles. The molecule has 6 heteroatoms. The lowest BCUT2D eigenvalue weighted by molar-refractivity contribution is -0.120. The number of para-hydroxylation sites is 2. The molecule has 0 atom stereocenters. The van der Waals surface area contributed by atoms with Crippen LogP contribution in [0.1, 0.15) is 5.56 Å². The molecule has 0 bridgehead atoms. The summed E-state index contributed by atoms with van der Waals surface area (Å²) in [6, 6.07) is 15.6. The maximum atomic E-state index is 12.1. The van der Waals surface area contributed by atoms with Gasteiger partial charge in [0.2, 0.25) is 5.91 Å². The van der Waals surface area contributed by atoms with Gasteiger partial charge in [0.1, 0.15) is 5.75 Å². The average molecular weight is 388 g/mol. The van der Waals surface area contributed by atoms with Crippen molar-refractivity contribution in [3.05, 3.63) is 59.1 Å². The van der Waals surface area contributed by atoms with Crippen LogP contribution in [-0.4, -0.2) is 57.2 Å². The molecule has 0 aliphatic carbocycles. The van der Waals surface area contributed by atoms with Gasteiger partial charge in [-0.2, -0.15) is 0 Å². The highest BCUT2D eigenvalue weighted by atomic mass is 35.5. The van der Waals surface area contributed by atoms with Crippen LogP contribution in [-0.2, 0) is 11.2 Å². The van der Waals surface area contributed by atoms with Crippen LogP contribution in [0.4, 0.5) is 5.69 Å². The van der Waals surface area contributed by atoms with Crippen molar-refractivity contribution in [2.24, 2.45) is 0 Å². The van der Waals surface area contributed by atoms with Crippen molar-refractivity contribution >= 4 is 23.2 Å². The van der Waals surface area contributed by atoms with Crippen molar-refractivity contribution in [3.8, 4) is 5.75 Å². The van der Waals surface area contributed by atoms with Gasteiger partial charge in [-0.1, -0.05) is 41.9 Å². The van der Waals surface area contributed by atoms with E-state index in [9.17, 15) is 4.79 Å². The molecule has 0 saturated carbocycles. The Bertz CT molecular complexity index is 761. The summed E-state index contributed by atoms with van der Waals surface area (Å²) < 4.78 is 5.46. The number of piperazine rings is 1. The minimum Gasteiger partial charge on any atom is -0.495 e. The maximum Gasteiger partial charge on any atom is 0.224 e. The first kappa shape index (κ1) is 19.5. The molecule has 144 valence electrons. The number of nitrogens with one attached hydrogen (secondary N) is 1. The van der Waals surface area contributed by atoms with Crippen LogP contribution in [0.5, 0.6) is 5.75 Å². The van der Waals surface area contributed by atoms with Crippen LogP contribution in [0.25, 0.3) is 0 Å². The normalized spacial score (nSPS) is 14.8. The number of anilines is 1. The molecule has 0 aromatic heterocycles. The second kappa shape index (κ2) is 9.62. The van der Waals surface area contributed by atoms with E-state index in [1.165, 1.54) is 0 Å². The number of ether oxygens (including phenoxy) is 1. The molecule has 1 aliphatic rings. The topological polar surface area (TPSA) is 44.8 Å². The van der Waals surface area contributed by atoms with Crippen molar-refractivity contribution in [1.82, 2.24) is 10.2 Å². The Labute approximate surface area is 165 Å². The molecule has 0 spiro atoms. The van der Waals surface area contributed by atoms with Crippen LogP contribution in [0.2, 0.25) is 5.02 Å². The molecule has 2 aromatic carbocycles. The van der Waals surface area contributed by atoms with Gasteiger partial charge in [0.15, 0.2) is 0 Å². The summed E-state index contributed by atoms with van der Waals surface area (Å²) in [7, 11) is 1.71. The number of rotatable bonds is 7. The molecule has 0 radical (unpaired) electrons. The molecule has 1 aliphatic heterocycles. The van der Waals surface area contributed by atoms with Gasteiger partial charge in [-0.25, -0.2) is 0 Å². The number of halogens is 1. The van der Waals surface area contributed by atoms with Crippen molar-refractivity contribution in [2.75, 3.05) is 51.3 Å². The third kappa shape index (κ3) is 5.37. The highest BCUT2D eigenvalue weighted by molar-refractivity contribution is 6.31. The van der Waals surface area contributed by atoms with Gasteiger partial charge in [-0.3, -0.25) is 9.69 Å². The summed E-state index contributed by atoms with van der Waals surface area (Å²) in [4.78, 5) is 16.8. The number of benzene rings is 2. The van der Waals surface area contributed by atoms with Gasteiger partial charge >= 0.3 is 0 Å². The predicted octanol–water partition coefficient (Wildman–Crippen LogP) is 2.83. The number of hydrogen-bond donors (Lipinski definition) is 1. The van der Waals surface area contributed by atoms with E-state index in [4.69, 9.17) is 16.3 Å². The van der Waals surface area contributed by atoms with E-state index >= 15 is 0 Å². The summed E-state index contributed by atoms with van der Waals surface area (Å²) in [6.45, 7) is 5.35. The maximum absolute atomic E-state index is 12.1. The van der Waals surface area contributed by atoms with Crippen LogP contribution in [0.15, 0.2) is 48.5 Å². The van der Waals surface area contributed by atoms with E-state index in [0.29, 0.717) is 18.0 Å². The third-order valence-corrected chi connectivity index (χ3v) is 5.23. The summed E-state index contributed by atoms with van der Waals surface area (Å²) in [6.07, 6.45) is 0.321. The lowest BCUT2D eigenvalue weighted by Gasteiger charge is -2.36. The molecule has 5 nitrogen and oxygen atoms in total. The zero-order valence-electron chi connectivity index (χ0n) is 15.7. The first-order valence-corrected chi connectivity index (χ1v) is 9.65. The van der Waals surface area contributed by atoms with E-state index in [0.717, 1.165) is 49.7 Å². The number of carbonyl (C=O) groups is 1. The van der Waals surface area contributed by atoms with E-state index in [2.05, 4.69) is 21.2 Å². The monoisotopic (exact) mass is 387 g/mol. The van der Waals surface area contributed by atoms with Gasteiger partial charge in [0, 0.05) is 44.3 Å². The molecule has 1 N–H and O–H groups in total. The molecule has 1 heterocycles. The average Bonchev–Trinajstić information content (AvgIpc) is 2.70. The zero-order chi connectivity index (χ0) is 19.1. The fraction of sp³-hybridized carbons (Fsp3) is 0.381. The Morgan fingerprint density at radius 1 is 1.07 bits per heavy atom. The first-order chi connectivity index (χ1) is 13.2. The highest BCUT2D eigenvalue weighted by Gasteiger charge is 2.19. The van der Waals surface area contributed by atoms with Crippen molar-refractivity contribution in [1.29, 1.82) is 0 Å². The Morgan fingerprint density at radius 3 is 2.52 bits per heavy atom. The lowest BCUT2D eigenvalue weighted by atomic mass is 10.1. The number of hydrogen-bond acceptors (Lipinski definition) is 4. The van der Waals surface area contributed by atoms with Crippen LogP contribution < -0.4 is 15.0 Å². The fourth-order valence-electron chi connectivity index (χ4n) is 3.33. The van der Waals surface area contributed by atoms with E-state index < -0.39 is 0 Å². The SMILES string of the molecule is COc1ccccc1N1CCN(CCNC(=O)Cc2ccccc2Cl)CC1. The molecule has 1 fully saturated rings. The zero-order valence-corrected chi connectivity index (χ0v) is 16.4. The van der Waals surface area contributed by atoms with Crippen LogP contribution in [0.3, 0.4) is 0 Å². The summed E-state index contributed by atoms with van der Waals surface area (Å²) in [5.41, 5.74) is 2.01. The van der Waals surface area contributed by atoms with E-state index in [1.807, 2.05) is 42.5 Å². The molecule has 27 heavy (non-hydrogen) atoms. The lowest BCUT2D eigenvalue weighted by Crippen LogP contribution is -2.48. The van der Waals surface area contributed by atoms with Crippen LogP contribution in [0, 0.1) is 0 Å². The molecular weight excluding hydrogens is 362 g/mol. The van der Waals surface area contributed by atoms with Crippen molar-refractivity contribution in [2.45, 2.75) is 6.42 Å². The summed E-state index contributed by atoms with van der Waals surface area (Å²) in [5, 5.41) is 3.63. The quantitative estimate of drug-likeness (QED) is 0.793. The minimum absolute atomic E-state index is 0.00996. The van der Waals surface area contributed by atoms with Gasteiger partial charge < -0.3 is 15.0 Å². The summed E-state index contributed by atoms with van der Waals surface area (Å²) in [5.74, 6) is 0.925. The Morgan fingerprint density at radius 2 is 1.78 bits per heavy atom. The second-order valence-electron chi connectivity index (χ2n) is 6.62. The largest absolute Gasteiger partial charge is 0.495 e. The number of amides is 1. The van der Waals surface area contributed by atoms with Crippen molar-refractivity contribution < 1.29 is 9.53 Å². The van der Waals surface area contributed by atoms with E-state index in [1.54, 1.807) is 7.11 Å². The van der Waals surface area contributed by atoms with E-state index in [-0.39, 0.29) is 5.91 Å². The Hall–Kier alpha value is -2.24. The third-order valence-electron chi connectivity index (χ3n) is 4.86. The first-order valence-electron chi connectivity index (χ1n) is 9.28. The smallest absolute Gasteiger partial charge is 0.224 e. The Balaban J connectivity index is 1.40. The molecule has 1 amide bonds. The van der Waals surface area contributed by atoms with Gasteiger partial charge in [-0.15, -0.1) is 0 Å². The molecule has 2 aromatic rings. The predicted molar refractivity (Wildman–Crippen MR) is 110 cm³/mol. The standard InChI is InChI=1S/C21H26ClN3O2/c1-27-20-9-5-4-8-19(20)25-14-12-24(13-15-25)11-10-23-21(26)16-17-6-2-3-7-18(17)22/h2-9H,10-16H2,1H3,(H,23,26). The molecule has 0 unspecified atom stereocenters.